The van der Waals surface area contributed by atoms with Gasteiger partial charge in [-0.3, -0.25) is 0 Å². The van der Waals surface area contributed by atoms with Gasteiger partial charge in [0.1, 0.15) is 0 Å². The molecule has 18 heavy (non-hydrogen) atoms. The van der Waals surface area contributed by atoms with Crippen LogP contribution in [0.5, 0.6) is 0 Å². The molecule has 0 saturated heterocycles. The van der Waals surface area contributed by atoms with Gasteiger partial charge in [-0.05, 0) is 61.2 Å². The van der Waals surface area contributed by atoms with Crippen LogP contribution in [-0.2, 0) is 6.42 Å². The summed E-state index contributed by atoms with van der Waals surface area (Å²) in [6, 6.07) is 14.6. The van der Waals surface area contributed by atoms with Crippen LogP contribution in [0.3, 0.4) is 0 Å². The molecule has 0 amide bonds. The first kappa shape index (κ1) is 13.0. The first-order valence-electron chi connectivity index (χ1n) is 6.20. The Kier molecular flexibility index (Phi) is 4.27. The predicted molar refractivity (Wildman–Crippen MR) is 79.6 cm³/mol. The fourth-order valence-electron chi connectivity index (χ4n) is 2.08. The molecule has 0 atom stereocenters. The molecular formula is C16H18ClN. The number of benzene rings is 2. The highest BCUT2D eigenvalue weighted by atomic mass is 35.5. The van der Waals surface area contributed by atoms with E-state index in [1.54, 1.807) is 0 Å². The standard InChI is InChI=1S/C16H18ClN/c1-12-9-13(2)11-16(10-12)18-8-7-14-3-5-15(17)6-4-14/h3-6,9-11,18H,7-8H2,1-2H3. The van der Waals surface area contributed by atoms with Crippen LogP contribution >= 0.6 is 11.6 Å². The molecule has 1 nitrogen and oxygen atoms in total. The summed E-state index contributed by atoms with van der Waals surface area (Å²) in [6.07, 6.45) is 1.00. The van der Waals surface area contributed by atoms with Crippen molar-refractivity contribution >= 4 is 17.3 Å². The van der Waals surface area contributed by atoms with Crippen molar-refractivity contribution in [3.8, 4) is 0 Å². The molecule has 0 aliphatic carbocycles. The van der Waals surface area contributed by atoms with Crippen molar-refractivity contribution in [3.63, 3.8) is 0 Å². The first-order chi connectivity index (χ1) is 8.63. The molecule has 2 rings (SSSR count). The Morgan fingerprint density at radius 2 is 1.56 bits per heavy atom. The lowest BCUT2D eigenvalue weighted by Gasteiger charge is -2.08. The summed E-state index contributed by atoms with van der Waals surface area (Å²) in [7, 11) is 0. The van der Waals surface area contributed by atoms with E-state index >= 15 is 0 Å². The summed E-state index contributed by atoms with van der Waals surface area (Å²) in [5.41, 5.74) is 5.09. The Morgan fingerprint density at radius 3 is 2.17 bits per heavy atom. The zero-order chi connectivity index (χ0) is 13.0. The van der Waals surface area contributed by atoms with Crippen molar-refractivity contribution < 1.29 is 0 Å². The van der Waals surface area contributed by atoms with Crippen molar-refractivity contribution in [2.24, 2.45) is 0 Å². The van der Waals surface area contributed by atoms with Gasteiger partial charge < -0.3 is 5.32 Å². The summed E-state index contributed by atoms with van der Waals surface area (Å²) < 4.78 is 0. The van der Waals surface area contributed by atoms with Gasteiger partial charge in [0, 0.05) is 17.3 Å². The van der Waals surface area contributed by atoms with E-state index in [1.165, 1.54) is 22.4 Å². The zero-order valence-corrected chi connectivity index (χ0v) is 11.6. The summed E-state index contributed by atoms with van der Waals surface area (Å²) in [5.74, 6) is 0. The number of rotatable bonds is 4. The van der Waals surface area contributed by atoms with Gasteiger partial charge in [-0.2, -0.15) is 0 Å². The maximum atomic E-state index is 5.86. The summed E-state index contributed by atoms with van der Waals surface area (Å²) in [4.78, 5) is 0. The maximum Gasteiger partial charge on any atom is 0.0406 e. The molecule has 0 aliphatic heterocycles. The van der Waals surface area contributed by atoms with Crippen molar-refractivity contribution in [1.29, 1.82) is 0 Å². The van der Waals surface area contributed by atoms with Gasteiger partial charge in [0.25, 0.3) is 0 Å². The normalized spacial score (nSPS) is 10.4. The zero-order valence-electron chi connectivity index (χ0n) is 10.8. The second kappa shape index (κ2) is 5.92. The molecule has 0 bridgehead atoms. The van der Waals surface area contributed by atoms with Crippen LogP contribution in [0.25, 0.3) is 0 Å². The predicted octanol–water partition coefficient (Wildman–Crippen LogP) is 4.61. The minimum atomic E-state index is 0.793. The van der Waals surface area contributed by atoms with E-state index in [2.05, 4.69) is 49.5 Å². The summed E-state index contributed by atoms with van der Waals surface area (Å²) in [5, 5.41) is 4.25. The van der Waals surface area contributed by atoms with E-state index < -0.39 is 0 Å². The van der Waals surface area contributed by atoms with E-state index in [4.69, 9.17) is 11.6 Å². The van der Waals surface area contributed by atoms with Gasteiger partial charge in [0.2, 0.25) is 0 Å². The van der Waals surface area contributed by atoms with Gasteiger partial charge in [0.15, 0.2) is 0 Å². The van der Waals surface area contributed by atoms with Crippen molar-refractivity contribution in [1.82, 2.24) is 0 Å². The Bertz CT molecular complexity index is 497. The van der Waals surface area contributed by atoms with E-state index in [-0.39, 0.29) is 0 Å². The van der Waals surface area contributed by atoms with Gasteiger partial charge >= 0.3 is 0 Å². The molecule has 2 heteroatoms. The Morgan fingerprint density at radius 1 is 0.944 bits per heavy atom. The van der Waals surface area contributed by atoms with Crippen molar-refractivity contribution in [2.75, 3.05) is 11.9 Å². The van der Waals surface area contributed by atoms with E-state index in [0.29, 0.717) is 0 Å². The molecular weight excluding hydrogens is 242 g/mol. The van der Waals surface area contributed by atoms with E-state index in [0.717, 1.165) is 18.0 Å². The molecule has 0 fully saturated rings. The van der Waals surface area contributed by atoms with Crippen LogP contribution in [0.4, 0.5) is 5.69 Å². The minimum absolute atomic E-state index is 0.793. The van der Waals surface area contributed by atoms with E-state index in [9.17, 15) is 0 Å². The number of anilines is 1. The first-order valence-corrected chi connectivity index (χ1v) is 6.58. The third-order valence-corrected chi connectivity index (χ3v) is 3.13. The van der Waals surface area contributed by atoms with Crippen LogP contribution in [0.1, 0.15) is 16.7 Å². The Labute approximate surface area is 114 Å². The number of nitrogens with one attached hydrogen (secondary N) is 1. The van der Waals surface area contributed by atoms with Crippen molar-refractivity contribution in [3.05, 3.63) is 64.2 Å². The molecule has 0 radical (unpaired) electrons. The van der Waals surface area contributed by atoms with E-state index in [1.807, 2.05) is 12.1 Å². The Balaban J connectivity index is 1.90. The third-order valence-electron chi connectivity index (χ3n) is 2.88. The van der Waals surface area contributed by atoms with Gasteiger partial charge in [-0.1, -0.05) is 29.8 Å². The molecule has 1 N–H and O–H groups in total. The third kappa shape index (κ3) is 3.78. The second-order valence-corrected chi connectivity index (χ2v) is 5.12. The summed E-state index contributed by atoms with van der Waals surface area (Å²) in [6.45, 7) is 5.18. The lowest BCUT2D eigenvalue weighted by atomic mass is 10.1. The highest BCUT2D eigenvalue weighted by Crippen LogP contribution is 2.14. The quantitative estimate of drug-likeness (QED) is 0.845. The monoisotopic (exact) mass is 259 g/mol. The molecule has 94 valence electrons. The highest BCUT2D eigenvalue weighted by Gasteiger charge is 1.96. The molecule has 0 spiro atoms. The number of aryl methyl sites for hydroxylation is 2. The average molecular weight is 260 g/mol. The largest absolute Gasteiger partial charge is 0.385 e. The van der Waals surface area contributed by atoms with Crippen LogP contribution < -0.4 is 5.32 Å². The number of halogens is 1. The maximum absolute atomic E-state index is 5.86. The molecule has 2 aromatic carbocycles. The lowest BCUT2D eigenvalue weighted by molar-refractivity contribution is 1.02. The van der Waals surface area contributed by atoms with Gasteiger partial charge in [-0.15, -0.1) is 0 Å². The molecule has 0 aliphatic rings. The smallest absolute Gasteiger partial charge is 0.0406 e. The molecule has 0 heterocycles. The van der Waals surface area contributed by atoms with Crippen LogP contribution in [0.2, 0.25) is 5.02 Å². The average Bonchev–Trinajstić information content (AvgIpc) is 2.30. The lowest BCUT2D eigenvalue weighted by Crippen LogP contribution is -2.05. The van der Waals surface area contributed by atoms with Crippen LogP contribution in [0.15, 0.2) is 42.5 Å². The van der Waals surface area contributed by atoms with Gasteiger partial charge in [0.05, 0.1) is 0 Å². The molecule has 0 aromatic heterocycles. The van der Waals surface area contributed by atoms with Crippen LogP contribution in [-0.4, -0.2) is 6.54 Å². The topological polar surface area (TPSA) is 12.0 Å². The molecule has 2 aromatic rings. The van der Waals surface area contributed by atoms with Crippen molar-refractivity contribution in [2.45, 2.75) is 20.3 Å². The fourth-order valence-corrected chi connectivity index (χ4v) is 2.20. The Hall–Kier alpha value is -1.47. The minimum Gasteiger partial charge on any atom is -0.385 e. The van der Waals surface area contributed by atoms with Gasteiger partial charge in [-0.25, -0.2) is 0 Å². The van der Waals surface area contributed by atoms with Crippen LogP contribution in [0, 0.1) is 13.8 Å². The molecule has 0 saturated carbocycles. The molecule has 0 unspecified atom stereocenters. The highest BCUT2D eigenvalue weighted by molar-refractivity contribution is 6.30. The number of hydrogen-bond donors (Lipinski definition) is 1. The second-order valence-electron chi connectivity index (χ2n) is 4.68. The SMILES string of the molecule is Cc1cc(C)cc(NCCc2ccc(Cl)cc2)c1. The summed E-state index contributed by atoms with van der Waals surface area (Å²) >= 11 is 5.86. The fraction of sp³-hybridized carbons (Fsp3) is 0.250. The number of hydrogen-bond acceptors (Lipinski definition) is 1.